The second kappa shape index (κ2) is 6.39. The molecule has 0 fully saturated rings. The highest BCUT2D eigenvalue weighted by Gasteiger charge is 2.15. The van der Waals surface area contributed by atoms with E-state index in [9.17, 15) is 4.79 Å². The number of hydrogen-bond donors (Lipinski definition) is 2. The normalized spacial score (nSPS) is 9.82. The largest absolute Gasteiger partial charge is 0.465 e. The molecule has 1 aromatic rings. The monoisotopic (exact) mass is 298 g/mol. The number of carbonyl (C=O) groups excluding carboxylic acids is 1. The molecule has 0 unspecified atom stereocenters. The van der Waals surface area contributed by atoms with Crippen molar-refractivity contribution >= 4 is 33.8 Å². The number of methoxy groups -OCH3 is 1. The van der Waals surface area contributed by atoms with Crippen molar-refractivity contribution in [3.8, 4) is 0 Å². The third-order valence-electron chi connectivity index (χ3n) is 2.26. The fourth-order valence-corrected chi connectivity index (χ4v) is 1.92. The van der Waals surface area contributed by atoms with Gasteiger partial charge in [-0.1, -0.05) is 22.9 Å². The molecule has 0 aromatic heterocycles. The van der Waals surface area contributed by atoms with Crippen LogP contribution < -0.4 is 5.32 Å². The minimum atomic E-state index is -0.440. The number of carbonyl (C=O) groups is 1. The average Bonchev–Trinajstić information content (AvgIpc) is 2.34. The van der Waals surface area contributed by atoms with Gasteiger partial charge in [0, 0.05) is 28.5 Å². The van der Waals surface area contributed by atoms with E-state index in [4.69, 9.17) is 10.1 Å². The van der Waals surface area contributed by atoms with Crippen molar-refractivity contribution in [2.45, 2.75) is 13.3 Å². The van der Waals surface area contributed by atoms with Crippen LogP contribution in [0.5, 0.6) is 0 Å². The molecule has 2 N–H and O–H groups in total. The Bertz CT molecular complexity index is 433. The summed E-state index contributed by atoms with van der Waals surface area (Å²) in [4.78, 5) is 11.6. The zero-order valence-electron chi connectivity index (χ0n) is 9.84. The number of halogens is 1. The van der Waals surface area contributed by atoms with Crippen LogP contribution in [0.4, 0.5) is 5.69 Å². The molecular formula is C12H15BrN2O2. The van der Waals surface area contributed by atoms with Gasteiger partial charge < -0.3 is 15.5 Å². The van der Waals surface area contributed by atoms with Gasteiger partial charge in [-0.2, -0.15) is 0 Å². The third-order valence-corrected chi connectivity index (χ3v) is 2.72. The van der Waals surface area contributed by atoms with Gasteiger partial charge in [-0.25, -0.2) is 4.79 Å². The van der Waals surface area contributed by atoms with Crippen LogP contribution in [0.25, 0.3) is 0 Å². The highest BCUT2D eigenvalue weighted by Crippen LogP contribution is 2.25. The van der Waals surface area contributed by atoms with Gasteiger partial charge in [-0.05, 0) is 18.6 Å². The SMILES string of the molecule is CCCNc1cc(Br)cc(C(=O)OC)c1C=N. The Morgan fingerprint density at radius 2 is 2.29 bits per heavy atom. The van der Waals surface area contributed by atoms with Crippen LogP contribution >= 0.6 is 15.9 Å². The van der Waals surface area contributed by atoms with Crippen molar-refractivity contribution in [1.82, 2.24) is 0 Å². The topological polar surface area (TPSA) is 62.2 Å². The van der Waals surface area contributed by atoms with Crippen molar-refractivity contribution in [1.29, 1.82) is 5.41 Å². The first-order valence-electron chi connectivity index (χ1n) is 5.30. The highest BCUT2D eigenvalue weighted by molar-refractivity contribution is 9.10. The summed E-state index contributed by atoms with van der Waals surface area (Å²) in [5, 5.41) is 10.6. The Kier molecular flexibility index (Phi) is 5.15. The van der Waals surface area contributed by atoms with Crippen LogP contribution in [0, 0.1) is 5.41 Å². The van der Waals surface area contributed by atoms with Crippen LogP contribution in [0.1, 0.15) is 29.3 Å². The van der Waals surface area contributed by atoms with E-state index in [0.717, 1.165) is 29.3 Å². The highest BCUT2D eigenvalue weighted by atomic mass is 79.9. The lowest BCUT2D eigenvalue weighted by atomic mass is 10.1. The molecule has 0 heterocycles. The third kappa shape index (κ3) is 3.30. The molecule has 1 rings (SSSR count). The molecule has 0 aliphatic rings. The van der Waals surface area contributed by atoms with Gasteiger partial charge in [-0.15, -0.1) is 0 Å². The van der Waals surface area contributed by atoms with Crippen LogP contribution in [0.3, 0.4) is 0 Å². The smallest absolute Gasteiger partial charge is 0.338 e. The molecule has 1 aromatic carbocycles. The Hall–Kier alpha value is -1.36. The van der Waals surface area contributed by atoms with Crippen LogP contribution in [0.15, 0.2) is 16.6 Å². The minimum Gasteiger partial charge on any atom is -0.465 e. The van der Waals surface area contributed by atoms with Crippen LogP contribution in [0.2, 0.25) is 0 Å². The fourth-order valence-electron chi connectivity index (χ4n) is 1.46. The molecule has 0 saturated heterocycles. The van der Waals surface area contributed by atoms with Crippen molar-refractivity contribution in [2.24, 2.45) is 0 Å². The van der Waals surface area contributed by atoms with E-state index >= 15 is 0 Å². The number of ether oxygens (including phenoxy) is 1. The maximum Gasteiger partial charge on any atom is 0.338 e. The number of rotatable bonds is 5. The Balaban J connectivity index is 3.24. The number of hydrogen-bond acceptors (Lipinski definition) is 4. The summed E-state index contributed by atoms with van der Waals surface area (Å²) in [6.07, 6.45) is 2.13. The van der Waals surface area contributed by atoms with Crippen LogP contribution in [-0.2, 0) is 4.74 Å². The lowest BCUT2D eigenvalue weighted by Gasteiger charge is -2.12. The zero-order valence-corrected chi connectivity index (χ0v) is 11.4. The number of anilines is 1. The molecule has 0 amide bonds. The molecule has 0 bridgehead atoms. The lowest BCUT2D eigenvalue weighted by Crippen LogP contribution is -2.10. The maximum atomic E-state index is 11.6. The van der Waals surface area contributed by atoms with Gasteiger partial charge in [0.1, 0.15) is 0 Å². The van der Waals surface area contributed by atoms with Crippen molar-refractivity contribution in [2.75, 3.05) is 19.0 Å². The molecular weight excluding hydrogens is 284 g/mol. The van der Waals surface area contributed by atoms with Gasteiger partial charge in [0.05, 0.1) is 12.7 Å². The summed E-state index contributed by atoms with van der Waals surface area (Å²) < 4.78 is 5.48. The Labute approximate surface area is 109 Å². The lowest BCUT2D eigenvalue weighted by molar-refractivity contribution is 0.0600. The van der Waals surface area contributed by atoms with E-state index in [-0.39, 0.29) is 0 Å². The second-order valence-electron chi connectivity index (χ2n) is 3.48. The second-order valence-corrected chi connectivity index (χ2v) is 4.39. The van der Waals surface area contributed by atoms with Gasteiger partial charge in [0.2, 0.25) is 0 Å². The molecule has 92 valence electrons. The van der Waals surface area contributed by atoms with E-state index in [1.54, 1.807) is 6.07 Å². The van der Waals surface area contributed by atoms with Gasteiger partial charge in [0.25, 0.3) is 0 Å². The predicted octanol–water partition coefficient (Wildman–Crippen LogP) is 3.06. The fraction of sp³-hybridized carbons (Fsp3) is 0.333. The maximum absolute atomic E-state index is 11.6. The number of nitrogens with one attached hydrogen (secondary N) is 2. The average molecular weight is 299 g/mol. The van der Waals surface area contributed by atoms with Gasteiger partial charge >= 0.3 is 5.97 Å². The minimum absolute atomic E-state index is 0.385. The van der Waals surface area contributed by atoms with E-state index < -0.39 is 5.97 Å². The van der Waals surface area contributed by atoms with Gasteiger partial charge in [0.15, 0.2) is 0 Å². The summed E-state index contributed by atoms with van der Waals surface area (Å²) in [7, 11) is 1.33. The van der Waals surface area contributed by atoms with E-state index in [1.165, 1.54) is 7.11 Å². The molecule has 0 aliphatic heterocycles. The molecule has 0 radical (unpaired) electrons. The quantitative estimate of drug-likeness (QED) is 0.649. The number of esters is 1. The summed E-state index contributed by atoms with van der Waals surface area (Å²) in [6.45, 7) is 2.84. The van der Waals surface area contributed by atoms with Crippen molar-refractivity contribution in [3.63, 3.8) is 0 Å². The first-order chi connectivity index (χ1) is 8.13. The van der Waals surface area contributed by atoms with Gasteiger partial charge in [-0.3, -0.25) is 0 Å². The predicted molar refractivity (Wildman–Crippen MR) is 72.1 cm³/mol. The molecule has 17 heavy (non-hydrogen) atoms. The molecule has 0 spiro atoms. The summed E-state index contributed by atoms with van der Waals surface area (Å²) in [6, 6.07) is 3.51. The first-order valence-corrected chi connectivity index (χ1v) is 6.09. The van der Waals surface area contributed by atoms with Crippen molar-refractivity contribution in [3.05, 3.63) is 27.7 Å². The zero-order chi connectivity index (χ0) is 12.8. The van der Waals surface area contributed by atoms with Crippen LogP contribution in [-0.4, -0.2) is 25.8 Å². The summed E-state index contributed by atoms with van der Waals surface area (Å²) in [5.74, 6) is -0.440. The van der Waals surface area contributed by atoms with E-state index in [2.05, 4.69) is 28.2 Å². The van der Waals surface area contributed by atoms with E-state index in [1.807, 2.05) is 6.07 Å². The number of benzene rings is 1. The standard InChI is InChI=1S/C12H15BrN2O2/c1-3-4-15-11-6-8(13)5-9(10(11)7-14)12(16)17-2/h5-7,14-15H,3-4H2,1-2H3. The van der Waals surface area contributed by atoms with E-state index in [0.29, 0.717) is 11.1 Å². The molecule has 4 nitrogen and oxygen atoms in total. The molecule has 0 atom stereocenters. The first kappa shape index (κ1) is 13.7. The summed E-state index contributed by atoms with van der Waals surface area (Å²) in [5.41, 5.74) is 1.70. The summed E-state index contributed by atoms with van der Waals surface area (Å²) >= 11 is 3.34. The Morgan fingerprint density at radius 3 is 2.82 bits per heavy atom. The molecule has 0 saturated carbocycles. The molecule has 0 aliphatic carbocycles. The molecule has 5 heteroatoms. The Morgan fingerprint density at radius 1 is 1.59 bits per heavy atom. The van der Waals surface area contributed by atoms with Crippen molar-refractivity contribution < 1.29 is 9.53 Å².